The zero-order chi connectivity index (χ0) is 13.1. The molecule has 1 aromatic carbocycles. The fraction of sp³-hybridized carbons (Fsp3) is 0.231. The number of carboxylic acids is 1. The average Bonchev–Trinajstić information content (AvgIpc) is 2.35. The summed E-state index contributed by atoms with van der Waals surface area (Å²) >= 11 is 0. The Bertz CT molecular complexity index is 629. The molecule has 0 saturated heterocycles. The van der Waals surface area contributed by atoms with Crippen LogP contribution in [0.25, 0.3) is 11.0 Å². The summed E-state index contributed by atoms with van der Waals surface area (Å²) in [5.74, 6) is -0.654. The number of aliphatic carboxylic acids is 1. The predicted octanol–water partition coefficient (Wildman–Crippen LogP) is 2.03. The number of fused-ring (bicyclic) bond motifs is 1. The quantitative estimate of drug-likeness (QED) is 0.838. The molecule has 0 spiro atoms. The molecule has 18 heavy (non-hydrogen) atoms. The lowest BCUT2D eigenvalue weighted by Crippen LogP contribution is -2.25. The van der Waals surface area contributed by atoms with Gasteiger partial charge in [-0.05, 0) is 24.6 Å². The lowest BCUT2D eigenvalue weighted by molar-refractivity contribution is -0.145. The molecule has 2 rings (SSSR count). The molecule has 0 bridgehead atoms. The molecule has 0 unspecified atom stereocenters. The van der Waals surface area contributed by atoms with Crippen molar-refractivity contribution >= 4 is 16.9 Å². The van der Waals surface area contributed by atoms with Gasteiger partial charge in [-0.25, -0.2) is 9.59 Å². The molecule has 1 aromatic heterocycles. The number of rotatable bonds is 4. The second-order valence-electron chi connectivity index (χ2n) is 3.81. The molecule has 0 aliphatic carbocycles. The van der Waals surface area contributed by atoms with E-state index in [1.807, 2.05) is 0 Å². The third kappa shape index (κ3) is 2.51. The van der Waals surface area contributed by atoms with Gasteiger partial charge in [0.05, 0.1) is 0 Å². The van der Waals surface area contributed by atoms with E-state index in [0.717, 1.165) is 5.39 Å². The van der Waals surface area contributed by atoms with Gasteiger partial charge in [0.15, 0.2) is 6.10 Å². The molecule has 0 aliphatic heterocycles. The lowest BCUT2D eigenvalue weighted by atomic mass is 10.2. The number of hydrogen-bond acceptors (Lipinski definition) is 4. The van der Waals surface area contributed by atoms with Crippen LogP contribution in [0.1, 0.15) is 13.3 Å². The van der Waals surface area contributed by atoms with Crippen molar-refractivity contribution in [1.82, 2.24) is 0 Å². The number of carbonyl (C=O) groups is 1. The van der Waals surface area contributed by atoms with Crippen LogP contribution in [0.4, 0.5) is 0 Å². The first-order valence-electron chi connectivity index (χ1n) is 5.53. The third-order valence-electron chi connectivity index (χ3n) is 2.52. The van der Waals surface area contributed by atoms with E-state index in [1.54, 1.807) is 25.1 Å². The highest BCUT2D eigenvalue weighted by Gasteiger charge is 2.16. The van der Waals surface area contributed by atoms with Gasteiger partial charge in [0.25, 0.3) is 0 Å². The van der Waals surface area contributed by atoms with E-state index in [0.29, 0.717) is 17.8 Å². The van der Waals surface area contributed by atoms with Crippen LogP contribution in [0.2, 0.25) is 0 Å². The van der Waals surface area contributed by atoms with E-state index in [1.165, 1.54) is 12.1 Å². The summed E-state index contributed by atoms with van der Waals surface area (Å²) < 4.78 is 10.3. The molecule has 5 heteroatoms. The minimum atomic E-state index is -1.02. The normalized spacial score (nSPS) is 12.3. The van der Waals surface area contributed by atoms with Crippen molar-refractivity contribution in [2.45, 2.75) is 19.4 Å². The molecule has 1 N–H and O–H groups in total. The van der Waals surface area contributed by atoms with Crippen LogP contribution in [-0.2, 0) is 4.79 Å². The highest BCUT2D eigenvalue weighted by molar-refractivity contribution is 5.78. The average molecular weight is 248 g/mol. The first kappa shape index (κ1) is 12.2. The fourth-order valence-electron chi connectivity index (χ4n) is 1.59. The summed E-state index contributed by atoms with van der Waals surface area (Å²) in [4.78, 5) is 21.9. The Morgan fingerprint density at radius 3 is 2.78 bits per heavy atom. The van der Waals surface area contributed by atoms with Gasteiger partial charge in [-0.2, -0.15) is 0 Å². The Kier molecular flexibility index (Phi) is 3.32. The lowest BCUT2D eigenvalue weighted by Gasteiger charge is -2.13. The SMILES string of the molecule is CC[C@H](Oc1ccc2ccc(=O)oc2c1)C(=O)O. The van der Waals surface area contributed by atoms with Crippen molar-refractivity contribution in [3.8, 4) is 5.75 Å². The predicted molar refractivity (Wildman–Crippen MR) is 64.8 cm³/mol. The van der Waals surface area contributed by atoms with E-state index in [9.17, 15) is 9.59 Å². The summed E-state index contributed by atoms with van der Waals surface area (Å²) in [7, 11) is 0. The number of benzene rings is 1. The monoisotopic (exact) mass is 248 g/mol. The van der Waals surface area contributed by atoms with Crippen molar-refractivity contribution in [2.75, 3.05) is 0 Å². The molecule has 0 saturated carbocycles. The minimum absolute atomic E-state index is 0.353. The van der Waals surface area contributed by atoms with E-state index >= 15 is 0 Å². The fourth-order valence-corrected chi connectivity index (χ4v) is 1.59. The van der Waals surface area contributed by atoms with E-state index in [4.69, 9.17) is 14.3 Å². The van der Waals surface area contributed by atoms with Crippen LogP contribution in [-0.4, -0.2) is 17.2 Å². The van der Waals surface area contributed by atoms with Crippen molar-refractivity contribution in [3.05, 3.63) is 40.8 Å². The first-order chi connectivity index (χ1) is 8.60. The topological polar surface area (TPSA) is 76.7 Å². The molecule has 1 heterocycles. The van der Waals surface area contributed by atoms with Crippen molar-refractivity contribution in [2.24, 2.45) is 0 Å². The van der Waals surface area contributed by atoms with Crippen LogP contribution in [0, 0.1) is 0 Å². The first-order valence-corrected chi connectivity index (χ1v) is 5.53. The maximum Gasteiger partial charge on any atom is 0.344 e. The molecule has 0 radical (unpaired) electrons. The highest BCUT2D eigenvalue weighted by Crippen LogP contribution is 2.21. The van der Waals surface area contributed by atoms with Gasteiger partial charge >= 0.3 is 11.6 Å². The van der Waals surface area contributed by atoms with Crippen LogP contribution < -0.4 is 10.4 Å². The second-order valence-corrected chi connectivity index (χ2v) is 3.81. The molecular weight excluding hydrogens is 236 g/mol. The smallest absolute Gasteiger partial charge is 0.344 e. The Balaban J connectivity index is 2.34. The van der Waals surface area contributed by atoms with Gasteiger partial charge in [-0.1, -0.05) is 6.92 Å². The Labute approximate surface area is 103 Å². The van der Waals surface area contributed by atoms with Crippen LogP contribution >= 0.6 is 0 Å². The van der Waals surface area contributed by atoms with Gasteiger partial charge in [0, 0.05) is 17.5 Å². The molecule has 0 amide bonds. The molecule has 5 nitrogen and oxygen atoms in total. The maximum absolute atomic E-state index is 11.1. The molecule has 0 aliphatic rings. The number of carboxylic acid groups (broad SMARTS) is 1. The van der Waals surface area contributed by atoms with Crippen LogP contribution in [0.5, 0.6) is 5.75 Å². The molecule has 0 fully saturated rings. The third-order valence-corrected chi connectivity index (χ3v) is 2.52. The molecular formula is C13H12O5. The van der Waals surface area contributed by atoms with Gasteiger partial charge in [-0.15, -0.1) is 0 Å². The molecule has 94 valence electrons. The molecule has 2 aromatic rings. The highest BCUT2D eigenvalue weighted by atomic mass is 16.5. The van der Waals surface area contributed by atoms with Crippen LogP contribution in [0.3, 0.4) is 0 Å². The van der Waals surface area contributed by atoms with E-state index < -0.39 is 17.7 Å². The number of hydrogen-bond donors (Lipinski definition) is 1. The van der Waals surface area contributed by atoms with Crippen LogP contribution in [0.15, 0.2) is 39.5 Å². The van der Waals surface area contributed by atoms with Gasteiger partial charge in [0.2, 0.25) is 0 Å². The number of ether oxygens (including phenoxy) is 1. The second kappa shape index (κ2) is 4.91. The van der Waals surface area contributed by atoms with Gasteiger partial charge in [-0.3, -0.25) is 0 Å². The van der Waals surface area contributed by atoms with Crippen molar-refractivity contribution in [3.63, 3.8) is 0 Å². The van der Waals surface area contributed by atoms with Crippen molar-refractivity contribution in [1.29, 1.82) is 0 Å². The largest absolute Gasteiger partial charge is 0.479 e. The maximum atomic E-state index is 11.1. The van der Waals surface area contributed by atoms with E-state index in [2.05, 4.69) is 0 Å². The zero-order valence-electron chi connectivity index (χ0n) is 9.75. The summed E-state index contributed by atoms with van der Waals surface area (Å²) in [5, 5.41) is 9.65. The standard InChI is InChI=1S/C13H12O5/c1-2-10(13(15)16)17-9-5-3-8-4-6-12(14)18-11(8)7-9/h3-7,10H,2H2,1H3,(H,15,16)/t10-/m0/s1. The van der Waals surface area contributed by atoms with Gasteiger partial charge < -0.3 is 14.3 Å². The Morgan fingerprint density at radius 2 is 2.11 bits per heavy atom. The summed E-state index contributed by atoms with van der Waals surface area (Å²) in [5.41, 5.74) is -0.0785. The molecule has 1 atom stereocenters. The van der Waals surface area contributed by atoms with Crippen molar-refractivity contribution < 1.29 is 19.1 Å². The van der Waals surface area contributed by atoms with Gasteiger partial charge in [0.1, 0.15) is 11.3 Å². The minimum Gasteiger partial charge on any atom is -0.479 e. The van der Waals surface area contributed by atoms with E-state index in [-0.39, 0.29) is 0 Å². The Hall–Kier alpha value is -2.30. The summed E-state index contributed by atoms with van der Waals surface area (Å²) in [6.45, 7) is 1.72. The summed E-state index contributed by atoms with van der Waals surface area (Å²) in [6, 6.07) is 7.84. The summed E-state index contributed by atoms with van der Waals surface area (Å²) in [6.07, 6.45) is -0.551. The Morgan fingerprint density at radius 1 is 1.39 bits per heavy atom. The zero-order valence-corrected chi connectivity index (χ0v) is 9.75.